The third-order valence-electron chi connectivity index (χ3n) is 5.96. The van der Waals surface area contributed by atoms with Crippen LogP contribution in [0.3, 0.4) is 0 Å². The van der Waals surface area contributed by atoms with Gasteiger partial charge in [-0.15, -0.1) is 0 Å². The van der Waals surface area contributed by atoms with E-state index in [-0.39, 0.29) is 11.6 Å². The summed E-state index contributed by atoms with van der Waals surface area (Å²) in [5.74, 6) is -0.896. The molecule has 4 aromatic rings. The van der Waals surface area contributed by atoms with E-state index in [2.05, 4.69) is 27.0 Å². The number of nitrogens with zero attached hydrogens (tertiary/aromatic N) is 1. The van der Waals surface area contributed by atoms with Crippen LogP contribution < -0.4 is 0 Å². The number of fused-ring (bicyclic) bond motifs is 1. The van der Waals surface area contributed by atoms with Gasteiger partial charge in [0.05, 0.1) is 17.6 Å². The zero-order valence-electron chi connectivity index (χ0n) is 17.6. The first-order valence-corrected chi connectivity index (χ1v) is 11.2. The van der Waals surface area contributed by atoms with E-state index in [0.717, 1.165) is 26.6 Å². The number of aromatic nitrogens is 1. The van der Waals surface area contributed by atoms with E-state index in [1.807, 2.05) is 31.2 Å². The Bertz CT molecular complexity index is 1450. The minimum atomic E-state index is -0.950. The van der Waals surface area contributed by atoms with Gasteiger partial charge in [-0.2, -0.15) is 5.26 Å². The van der Waals surface area contributed by atoms with E-state index < -0.39 is 12.0 Å². The highest BCUT2D eigenvalue weighted by molar-refractivity contribution is 9.10. The lowest BCUT2D eigenvalue weighted by molar-refractivity contribution is 0.0754. The summed E-state index contributed by atoms with van der Waals surface area (Å²) in [6.45, 7) is 1.91. The average molecular weight is 501 g/mol. The van der Waals surface area contributed by atoms with Gasteiger partial charge in [-0.05, 0) is 42.8 Å². The molecule has 1 N–H and O–H groups in total. The highest BCUT2D eigenvalue weighted by Gasteiger charge is 2.44. The lowest BCUT2D eigenvalue weighted by Crippen LogP contribution is -2.27. The number of rotatable bonds is 4. The van der Waals surface area contributed by atoms with Crippen molar-refractivity contribution < 1.29 is 13.9 Å². The van der Waals surface area contributed by atoms with Gasteiger partial charge in [0.2, 0.25) is 5.78 Å². The van der Waals surface area contributed by atoms with Crippen LogP contribution in [-0.4, -0.2) is 16.9 Å². The van der Waals surface area contributed by atoms with Crippen LogP contribution in [-0.2, 0) is 4.74 Å². The Morgan fingerprint density at radius 2 is 1.76 bits per heavy atom. The van der Waals surface area contributed by atoms with Gasteiger partial charge in [0.1, 0.15) is 11.6 Å². The van der Waals surface area contributed by atoms with Crippen molar-refractivity contribution in [3.05, 3.63) is 111 Å². The molecule has 0 aliphatic carbocycles. The molecular weight excluding hydrogens is 483 g/mol. The average Bonchev–Trinajstić information content (AvgIpc) is 3.36. The molecule has 33 heavy (non-hydrogen) atoms. The van der Waals surface area contributed by atoms with Crippen molar-refractivity contribution >= 4 is 38.4 Å². The van der Waals surface area contributed by atoms with Gasteiger partial charge in [-0.1, -0.05) is 58.4 Å². The molecule has 2 atom stereocenters. The molecule has 0 spiro atoms. The monoisotopic (exact) mass is 500 g/mol. The number of aromatic amines is 1. The topological polar surface area (TPSA) is 65.9 Å². The number of H-pyrrole nitrogens is 1. The zero-order chi connectivity index (χ0) is 23.1. The quantitative estimate of drug-likeness (QED) is 0.318. The summed E-state index contributed by atoms with van der Waals surface area (Å²) < 4.78 is 20.8. The lowest BCUT2D eigenvalue weighted by Gasteiger charge is -2.19. The van der Waals surface area contributed by atoms with E-state index in [4.69, 9.17) is 4.74 Å². The van der Waals surface area contributed by atoms with Gasteiger partial charge in [-0.3, -0.25) is 4.79 Å². The molecule has 5 rings (SSSR count). The molecule has 0 radical (unpaired) electrons. The molecule has 0 fully saturated rings. The SMILES string of the molecule is Cc1[nH]c2ccccc2c1C1=C(C#N)[C@@H](c2ccc(F)cc2)[C@H](C(=O)c2ccc(Br)cc2)O1. The minimum absolute atomic E-state index is 0.239. The number of nitriles is 1. The van der Waals surface area contributed by atoms with Gasteiger partial charge in [-0.25, -0.2) is 4.39 Å². The standard InChI is InChI=1S/C27H18BrFN2O2/c1-15-23(20-4-2-3-5-22(20)31-15)26-21(14-30)24(16-8-12-19(29)13-9-16)27(33-26)25(32)17-6-10-18(28)11-7-17/h2-13,24,27,31H,1H3/t24-,27-/m1/s1. The Kier molecular flexibility index (Phi) is 5.35. The summed E-state index contributed by atoms with van der Waals surface area (Å²) in [5.41, 5.74) is 4.00. The predicted molar refractivity (Wildman–Crippen MR) is 128 cm³/mol. The van der Waals surface area contributed by atoms with E-state index in [9.17, 15) is 14.4 Å². The van der Waals surface area contributed by atoms with Crippen LogP contribution >= 0.6 is 15.9 Å². The van der Waals surface area contributed by atoms with Crippen molar-refractivity contribution in [1.29, 1.82) is 5.26 Å². The van der Waals surface area contributed by atoms with Crippen molar-refractivity contribution in [2.24, 2.45) is 0 Å². The number of nitrogens with one attached hydrogen (secondary N) is 1. The van der Waals surface area contributed by atoms with Crippen molar-refractivity contribution in [3.63, 3.8) is 0 Å². The third-order valence-corrected chi connectivity index (χ3v) is 6.49. The fourth-order valence-electron chi connectivity index (χ4n) is 4.43. The van der Waals surface area contributed by atoms with E-state index >= 15 is 0 Å². The number of aryl methyl sites for hydroxylation is 1. The van der Waals surface area contributed by atoms with Crippen molar-refractivity contribution in [1.82, 2.24) is 4.98 Å². The Hall–Kier alpha value is -3.69. The molecule has 3 aromatic carbocycles. The van der Waals surface area contributed by atoms with E-state index in [0.29, 0.717) is 22.5 Å². The Labute approximate surface area is 198 Å². The van der Waals surface area contributed by atoms with Gasteiger partial charge in [0.25, 0.3) is 0 Å². The molecule has 4 nitrogen and oxygen atoms in total. The molecule has 1 aliphatic heterocycles. The first-order chi connectivity index (χ1) is 16.0. The summed E-state index contributed by atoms with van der Waals surface area (Å²) in [6, 6.07) is 22.9. The number of benzene rings is 3. The van der Waals surface area contributed by atoms with Crippen LogP contribution in [0.25, 0.3) is 16.7 Å². The smallest absolute Gasteiger partial charge is 0.204 e. The van der Waals surface area contributed by atoms with E-state index in [1.54, 1.807) is 36.4 Å². The predicted octanol–water partition coefficient (Wildman–Crippen LogP) is 6.68. The molecule has 1 aliphatic rings. The number of halogens is 2. The van der Waals surface area contributed by atoms with Gasteiger partial charge >= 0.3 is 0 Å². The Balaban J connectivity index is 1.69. The minimum Gasteiger partial charge on any atom is -0.479 e. The molecule has 0 amide bonds. The Morgan fingerprint density at radius 3 is 2.45 bits per heavy atom. The van der Waals surface area contributed by atoms with Gasteiger partial charge in [0, 0.05) is 32.2 Å². The highest BCUT2D eigenvalue weighted by atomic mass is 79.9. The van der Waals surface area contributed by atoms with E-state index in [1.165, 1.54) is 12.1 Å². The van der Waals surface area contributed by atoms with Crippen LogP contribution in [0.5, 0.6) is 0 Å². The second-order valence-corrected chi connectivity index (χ2v) is 8.88. The summed E-state index contributed by atoms with van der Waals surface area (Å²) in [7, 11) is 0. The summed E-state index contributed by atoms with van der Waals surface area (Å²) in [5, 5.41) is 11.1. The molecule has 0 unspecified atom stereocenters. The molecule has 162 valence electrons. The van der Waals surface area contributed by atoms with Gasteiger partial charge < -0.3 is 9.72 Å². The fraction of sp³-hybridized carbons (Fsp3) is 0.111. The number of carbonyl (C=O) groups excluding carboxylic acids is 1. The molecule has 2 heterocycles. The first-order valence-electron chi connectivity index (χ1n) is 10.4. The van der Waals surface area contributed by atoms with Crippen LogP contribution in [0.1, 0.15) is 33.1 Å². The maximum Gasteiger partial charge on any atom is 0.204 e. The normalized spacial score (nSPS) is 17.8. The number of ether oxygens (including phenoxy) is 1. The van der Waals surface area contributed by atoms with Crippen LogP contribution in [0.4, 0.5) is 4.39 Å². The molecule has 0 saturated carbocycles. The number of ketones is 1. The second-order valence-electron chi connectivity index (χ2n) is 7.96. The first kappa shape index (κ1) is 21.2. The number of Topliss-reactive ketones (excluding diaryl/α,β-unsaturated/α-hetero) is 1. The van der Waals surface area contributed by atoms with Crippen LogP contribution in [0.15, 0.2) is 82.8 Å². The maximum atomic E-state index is 13.7. The van der Waals surface area contributed by atoms with Crippen LogP contribution in [0.2, 0.25) is 0 Å². The summed E-state index contributed by atoms with van der Waals surface area (Å²) >= 11 is 3.39. The van der Waals surface area contributed by atoms with Crippen molar-refractivity contribution in [2.75, 3.05) is 0 Å². The molecule has 6 heteroatoms. The summed E-state index contributed by atoms with van der Waals surface area (Å²) in [4.78, 5) is 16.9. The molecule has 0 saturated heterocycles. The highest BCUT2D eigenvalue weighted by Crippen LogP contribution is 2.46. The summed E-state index contributed by atoms with van der Waals surface area (Å²) in [6.07, 6.45) is -0.950. The number of hydrogen-bond donors (Lipinski definition) is 1. The van der Waals surface area contributed by atoms with Crippen LogP contribution in [0, 0.1) is 24.1 Å². The van der Waals surface area contributed by atoms with Gasteiger partial charge in [0.15, 0.2) is 6.10 Å². The number of para-hydroxylation sites is 1. The number of hydrogen-bond acceptors (Lipinski definition) is 3. The third kappa shape index (κ3) is 3.65. The molecular formula is C27H18BrFN2O2. The zero-order valence-corrected chi connectivity index (χ0v) is 19.2. The molecule has 1 aromatic heterocycles. The largest absolute Gasteiger partial charge is 0.479 e. The Morgan fingerprint density at radius 1 is 1.06 bits per heavy atom. The maximum absolute atomic E-state index is 13.7. The lowest BCUT2D eigenvalue weighted by atomic mass is 9.84. The van der Waals surface area contributed by atoms with Crippen molar-refractivity contribution in [2.45, 2.75) is 18.9 Å². The number of carbonyl (C=O) groups is 1. The molecule has 0 bridgehead atoms. The second kappa shape index (κ2) is 8.34. The van der Waals surface area contributed by atoms with Crippen molar-refractivity contribution in [3.8, 4) is 6.07 Å². The fourth-order valence-corrected chi connectivity index (χ4v) is 4.69.